The summed E-state index contributed by atoms with van der Waals surface area (Å²) >= 11 is 3.37. The van der Waals surface area contributed by atoms with Crippen molar-refractivity contribution in [1.29, 1.82) is 0 Å². The summed E-state index contributed by atoms with van der Waals surface area (Å²) in [6, 6.07) is 19.4. The quantitative estimate of drug-likeness (QED) is 0.0644. The van der Waals surface area contributed by atoms with E-state index in [9.17, 15) is 35.1 Å². The van der Waals surface area contributed by atoms with Crippen LogP contribution in [0, 0.1) is 23.7 Å². The van der Waals surface area contributed by atoms with Crippen molar-refractivity contribution in [2.75, 3.05) is 34.9 Å². The molecule has 19 heteroatoms. The number of cyclic esters (lactones) is 1. The third-order valence-corrected chi connectivity index (χ3v) is 18.1. The number of hydrogen-bond donors (Lipinski definition) is 5. The Bertz CT molecular complexity index is 2150. The minimum Gasteiger partial charge on any atom is -0.462 e. The van der Waals surface area contributed by atoms with Crippen LogP contribution >= 0.6 is 23.5 Å². The van der Waals surface area contributed by atoms with Crippen LogP contribution in [0.4, 0.5) is 0 Å². The summed E-state index contributed by atoms with van der Waals surface area (Å²) in [5.74, 6) is -3.15. The molecule has 0 bridgehead atoms. The molecule has 21 atom stereocenters. The fourth-order valence-corrected chi connectivity index (χ4v) is 13.8. The lowest BCUT2D eigenvalue weighted by molar-refractivity contribution is -0.342. The van der Waals surface area contributed by atoms with Crippen LogP contribution in [0.5, 0.6) is 0 Å². The molecule has 0 unspecified atom stereocenters. The molecule has 432 valence electrons. The average Bonchev–Trinajstić information content (AvgIpc) is 3.39. The molecule has 5 N–H and O–H groups in total. The van der Waals surface area contributed by atoms with E-state index in [1.165, 1.54) is 21.1 Å². The topological polar surface area (TPSA) is 222 Å². The predicted molar refractivity (Wildman–Crippen MR) is 293 cm³/mol. The Labute approximate surface area is 464 Å². The van der Waals surface area contributed by atoms with Crippen LogP contribution in [0.2, 0.25) is 0 Å². The molecule has 17 nitrogen and oxygen atoms in total. The second kappa shape index (κ2) is 29.3. The molecular weight excluding hydrogens is 1030 g/mol. The van der Waals surface area contributed by atoms with Crippen molar-refractivity contribution in [2.45, 2.75) is 206 Å². The van der Waals surface area contributed by atoms with Gasteiger partial charge in [-0.15, -0.1) is 23.5 Å². The molecule has 3 saturated heterocycles. The van der Waals surface area contributed by atoms with Crippen molar-refractivity contribution in [3.8, 4) is 0 Å². The normalized spacial score (nSPS) is 40.2. The second-order valence-electron chi connectivity index (χ2n) is 21.9. The summed E-state index contributed by atoms with van der Waals surface area (Å²) < 4.78 is 56.1. The highest BCUT2D eigenvalue weighted by molar-refractivity contribution is 8.17. The summed E-state index contributed by atoms with van der Waals surface area (Å²) in [7, 11) is 6.58. The summed E-state index contributed by atoms with van der Waals surface area (Å²) in [5.41, 5.74) is -0.772. The number of nitrogens with zero attached hydrogens (tertiary/aromatic N) is 1. The molecule has 0 amide bonds. The van der Waals surface area contributed by atoms with Crippen LogP contribution in [0.1, 0.15) is 87.5 Å². The van der Waals surface area contributed by atoms with Gasteiger partial charge in [0.2, 0.25) is 0 Å². The molecule has 3 fully saturated rings. The highest BCUT2D eigenvalue weighted by Crippen LogP contribution is 2.44. The molecule has 0 aromatic heterocycles. The van der Waals surface area contributed by atoms with E-state index in [0.717, 1.165) is 15.4 Å². The van der Waals surface area contributed by atoms with Crippen molar-refractivity contribution >= 4 is 35.3 Å². The van der Waals surface area contributed by atoms with Gasteiger partial charge in [-0.2, -0.15) is 0 Å². The first-order valence-electron chi connectivity index (χ1n) is 27.1. The number of allylic oxidation sites excluding steroid dienone is 3. The van der Waals surface area contributed by atoms with Crippen LogP contribution in [0.25, 0.3) is 0 Å². The molecule has 0 saturated carbocycles. The van der Waals surface area contributed by atoms with Crippen molar-refractivity contribution in [3.63, 3.8) is 0 Å². The summed E-state index contributed by atoms with van der Waals surface area (Å²) in [4.78, 5) is 32.6. The third kappa shape index (κ3) is 16.9. The number of ketones is 1. The van der Waals surface area contributed by atoms with Gasteiger partial charge in [-0.1, -0.05) is 74.9 Å². The van der Waals surface area contributed by atoms with Gasteiger partial charge >= 0.3 is 5.97 Å². The maximum absolute atomic E-state index is 14.5. The molecule has 4 aliphatic heterocycles. The van der Waals surface area contributed by atoms with Gasteiger partial charge in [0, 0.05) is 48.2 Å². The lowest BCUT2D eigenvalue weighted by Crippen LogP contribution is -2.65. The molecule has 6 rings (SSSR count). The minimum absolute atomic E-state index is 0.00349. The number of esters is 1. The Morgan fingerprint density at radius 2 is 1.38 bits per heavy atom. The van der Waals surface area contributed by atoms with Gasteiger partial charge in [0.05, 0.1) is 59.8 Å². The first kappa shape index (κ1) is 63.4. The van der Waals surface area contributed by atoms with E-state index in [4.69, 9.17) is 42.6 Å². The van der Waals surface area contributed by atoms with Crippen LogP contribution in [0.3, 0.4) is 0 Å². The van der Waals surface area contributed by atoms with Crippen LogP contribution in [-0.2, 0) is 52.2 Å². The van der Waals surface area contributed by atoms with Gasteiger partial charge in [0.15, 0.2) is 24.7 Å². The molecule has 4 heterocycles. The number of carbonyl (C=O) groups is 2. The number of benzene rings is 2. The number of rotatable bonds is 17. The van der Waals surface area contributed by atoms with Gasteiger partial charge in [0.1, 0.15) is 42.7 Å². The molecule has 2 aromatic carbocycles. The number of carbonyl (C=O) groups excluding carboxylic acids is 2. The van der Waals surface area contributed by atoms with Crippen molar-refractivity contribution in [2.24, 2.45) is 23.7 Å². The number of likely N-dealkylation sites (N-methyl/N-ethyl adjacent to an activating group) is 1. The summed E-state index contributed by atoms with van der Waals surface area (Å²) in [5, 5.41) is 57.4. The number of thioether (sulfide) groups is 2. The molecule has 0 radical (unpaired) electrons. The SMILES string of the molecule is CC[C@H]1OC(=O)C[C@@H](O)[C@H](C)[C@@H](O[C@@H]2O[C@H](C)[C@@H](O[C@H]3C[C@@](C)(O)[C@@H](O)[C@H](C)O3)[C@H](N(C)C)[C@H]2O)[C@@H](CC(Sc2ccccc2)Sc2ccccc2)C[C@@H](C)C(=O)/C=C/C(C)=C/[C@@H]1CO[C@@H]1O[C@H](C)[C@@H](O)[C@@H](OC)[C@H]1OC. The number of aliphatic hydroxyl groups is 5. The first-order valence-corrected chi connectivity index (χ1v) is 28.9. The fraction of sp³-hybridized carbons (Fsp3) is 0.690. The van der Waals surface area contributed by atoms with Crippen molar-refractivity contribution in [1.82, 2.24) is 4.90 Å². The largest absolute Gasteiger partial charge is 0.462 e. The smallest absolute Gasteiger partial charge is 0.308 e. The van der Waals surface area contributed by atoms with Gasteiger partial charge in [-0.25, -0.2) is 0 Å². The predicted octanol–water partition coefficient (Wildman–Crippen LogP) is 6.55. The Kier molecular flexibility index (Phi) is 24.1. The standard InChI is InChI=1S/C58H87NO16S2/c1-13-44-39(31-69-57-54(68-12)53(67-11)49(63)35(5)71-57)26-32(2)24-25-42(60)33(3)27-38(28-47(76-40-20-16-14-17-21-40)77-41-22-18-15-19-23-41)51(34(4)43(61)29-45(62)73-44)75-56-50(64)48(59(9)10)52(36(6)72-56)74-46-30-58(8,66)55(65)37(7)70-46/h14-26,33-39,43-44,46-57,61,63-66H,13,27-31H2,1-12H3/b25-24+,32-26+/t33-,34+,35-,36-,37+,38-,39-,43-,44-,46+,48-,49-,50-,51-,52-,53-,54-,55+,56+,57-,58-/m1/s1. The zero-order chi connectivity index (χ0) is 56.3. The lowest BCUT2D eigenvalue weighted by atomic mass is 9.79. The van der Waals surface area contributed by atoms with Crippen LogP contribution < -0.4 is 0 Å². The van der Waals surface area contributed by atoms with E-state index in [1.54, 1.807) is 49.5 Å². The molecule has 77 heavy (non-hydrogen) atoms. The van der Waals surface area contributed by atoms with Crippen LogP contribution in [0.15, 0.2) is 94.3 Å². The van der Waals surface area contributed by atoms with Crippen molar-refractivity contribution in [3.05, 3.63) is 84.5 Å². The Hall–Kier alpha value is -2.80. The Balaban J connectivity index is 1.36. The highest BCUT2D eigenvalue weighted by Gasteiger charge is 2.52. The number of aliphatic hydroxyl groups excluding tert-OH is 4. The van der Waals surface area contributed by atoms with E-state index in [-0.39, 0.29) is 23.4 Å². The Morgan fingerprint density at radius 3 is 1.95 bits per heavy atom. The molecule has 4 aliphatic rings. The number of methoxy groups -OCH3 is 2. The second-order valence-corrected chi connectivity index (χ2v) is 24.7. The van der Waals surface area contributed by atoms with E-state index in [2.05, 4.69) is 24.3 Å². The highest BCUT2D eigenvalue weighted by atomic mass is 32.2. The van der Waals surface area contributed by atoms with E-state index >= 15 is 0 Å². The maximum Gasteiger partial charge on any atom is 0.308 e. The lowest BCUT2D eigenvalue weighted by Gasteiger charge is -2.50. The molecular formula is C58H87NO16S2. The van der Waals surface area contributed by atoms with Crippen LogP contribution in [-0.4, -0.2) is 185 Å². The maximum atomic E-state index is 14.5. The summed E-state index contributed by atoms with van der Waals surface area (Å²) in [6.07, 6.45) is -8.01. The van der Waals surface area contributed by atoms with Gasteiger partial charge in [-0.3, -0.25) is 9.59 Å². The van der Waals surface area contributed by atoms with E-state index in [0.29, 0.717) is 19.3 Å². The monoisotopic (exact) mass is 1120 g/mol. The van der Waals surface area contributed by atoms with Gasteiger partial charge in [0.25, 0.3) is 0 Å². The van der Waals surface area contributed by atoms with E-state index < -0.39 is 140 Å². The van der Waals surface area contributed by atoms with Gasteiger partial charge < -0.3 is 73.1 Å². The average molecular weight is 1120 g/mol. The molecule has 0 aliphatic carbocycles. The van der Waals surface area contributed by atoms with E-state index in [1.807, 2.05) is 96.1 Å². The van der Waals surface area contributed by atoms with Crippen molar-refractivity contribution < 1.29 is 77.8 Å². The number of hydrogen-bond acceptors (Lipinski definition) is 19. The molecule has 2 aromatic rings. The van der Waals surface area contributed by atoms with Gasteiger partial charge in [-0.05, 0) is 104 Å². The number of ether oxygens (including phenoxy) is 9. The molecule has 0 spiro atoms. The first-order chi connectivity index (χ1) is 36.5. The Morgan fingerprint density at radius 1 is 0.766 bits per heavy atom. The summed E-state index contributed by atoms with van der Waals surface area (Å²) in [6.45, 7) is 14.2. The zero-order valence-electron chi connectivity index (χ0n) is 46.9. The minimum atomic E-state index is -1.49. The zero-order valence-corrected chi connectivity index (χ0v) is 48.5. The third-order valence-electron chi connectivity index (χ3n) is 15.5. The fourth-order valence-electron chi connectivity index (χ4n) is 11.1.